The molecule has 3 aromatic heterocycles. The quantitative estimate of drug-likeness (QED) is 0.528. The fourth-order valence-electron chi connectivity index (χ4n) is 3.41. The maximum absolute atomic E-state index is 5.98. The molecule has 1 aliphatic heterocycles. The van der Waals surface area contributed by atoms with Crippen molar-refractivity contribution in [2.24, 2.45) is 0 Å². The van der Waals surface area contributed by atoms with Crippen LogP contribution in [0, 0.1) is 0 Å². The Bertz CT molecular complexity index is 1100. The van der Waals surface area contributed by atoms with Gasteiger partial charge in [0.1, 0.15) is 5.82 Å². The van der Waals surface area contributed by atoms with Crippen LogP contribution in [0.25, 0.3) is 16.9 Å². The summed E-state index contributed by atoms with van der Waals surface area (Å²) >= 11 is 5.98. The summed E-state index contributed by atoms with van der Waals surface area (Å²) in [7, 11) is 0. The lowest BCUT2D eigenvalue weighted by Gasteiger charge is -2.22. The highest BCUT2D eigenvalue weighted by Gasteiger charge is 2.17. The van der Waals surface area contributed by atoms with Crippen LogP contribution in [-0.4, -0.2) is 48.0 Å². The molecule has 4 aromatic rings. The molecular formula is C19H18ClN7O. The van der Waals surface area contributed by atoms with Crippen molar-refractivity contribution < 1.29 is 4.74 Å². The maximum Gasteiger partial charge on any atom is 0.187 e. The largest absolute Gasteiger partial charge is 0.381 e. The number of halogens is 1. The third kappa shape index (κ3) is 3.36. The Hall–Kier alpha value is -2.84. The van der Waals surface area contributed by atoms with Gasteiger partial charge in [0.15, 0.2) is 11.2 Å². The molecule has 0 atom stereocenters. The van der Waals surface area contributed by atoms with E-state index in [1.54, 1.807) is 10.9 Å². The van der Waals surface area contributed by atoms with E-state index in [1.807, 2.05) is 35.1 Å². The summed E-state index contributed by atoms with van der Waals surface area (Å²) in [6.45, 7) is 1.59. The van der Waals surface area contributed by atoms with Crippen molar-refractivity contribution in [2.45, 2.75) is 25.3 Å². The smallest absolute Gasteiger partial charge is 0.187 e. The van der Waals surface area contributed by atoms with Crippen LogP contribution in [0.5, 0.6) is 0 Å². The van der Waals surface area contributed by atoms with Gasteiger partial charge >= 0.3 is 0 Å². The third-order valence-electron chi connectivity index (χ3n) is 4.90. The summed E-state index contributed by atoms with van der Waals surface area (Å²) in [6, 6.07) is 7.81. The molecule has 1 aromatic carbocycles. The molecule has 0 bridgehead atoms. The molecule has 28 heavy (non-hydrogen) atoms. The van der Waals surface area contributed by atoms with Crippen LogP contribution in [0.3, 0.4) is 0 Å². The molecule has 0 aliphatic carbocycles. The molecule has 1 saturated heterocycles. The summed E-state index contributed by atoms with van der Waals surface area (Å²) < 4.78 is 9.16. The van der Waals surface area contributed by atoms with Crippen LogP contribution in [0.4, 0.5) is 0 Å². The van der Waals surface area contributed by atoms with Crippen LogP contribution in [0.2, 0.25) is 5.02 Å². The van der Waals surface area contributed by atoms with E-state index in [1.165, 1.54) is 0 Å². The fraction of sp³-hybridized carbons (Fsp3) is 0.316. The van der Waals surface area contributed by atoms with Crippen molar-refractivity contribution in [1.82, 2.24) is 34.7 Å². The molecule has 1 aliphatic rings. The SMILES string of the molecule is Clc1ccc(-n2nnc3cnc(Cc4cnn(C5CCOCC5)c4)nc32)cc1. The lowest BCUT2D eigenvalue weighted by atomic mass is 10.1. The number of rotatable bonds is 4. The molecular weight excluding hydrogens is 378 g/mol. The fourth-order valence-corrected chi connectivity index (χ4v) is 3.53. The molecule has 0 N–H and O–H groups in total. The molecule has 142 valence electrons. The number of aromatic nitrogens is 7. The van der Waals surface area contributed by atoms with Crippen molar-refractivity contribution >= 4 is 22.8 Å². The Morgan fingerprint density at radius 1 is 1.11 bits per heavy atom. The first-order chi connectivity index (χ1) is 13.8. The lowest BCUT2D eigenvalue weighted by molar-refractivity contribution is 0.0662. The number of nitrogens with zero attached hydrogens (tertiary/aromatic N) is 7. The highest BCUT2D eigenvalue weighted by atomic mass is 35.5. The number of hydrogen-bond donors (Lipinski definition) is 0. The van der Waals surface area contributed by atoms with E-state index in [4.69, 9.17) is 16.3 Å². The van der Waals surface area contributed by atoms with Gasteiger partial charge in [0.2, 0.25) is 0 Å². The van der Waals surface area contributed by atoms with E-state index in [2.05, 4.69) is 31.6 Å². The average Bonchev–Trinajstić information content (AvgIpc) is 3.36. The normalized spacial score (nSPS) is 15.3. The van der Waals surface area contributed by atoms with E-state index in [-0.39, 0.29) is 0 Å². The Morgan fingerprint density at radius 2 is 1.93 bits per heavy atom. The van der Waals surface area contributed by atoms with Crippen molar-refractivity contribution in [2.75, 3.05) is 13.2 Å². The molecule has 0 unspecified atom stereocenters. The zero-order chi connectivity index (χ0) is 18.9. The Balaban J connectivity index is 1.41. The molecule has 1 fully saturated rings. The van der Waals surface area contributed by atoms with Gasteiger partial charge < -0.3 is 4.74 Å². The Kier molecular flexibility index (Phi) is 4.50. The predicted octanol–water partition coefficient (Wildman–Crippen LogP) is 3.00. The second-order valence-electron chi connectivity index (χ2n) is 6.82. The summed E-state index contributed by atoms with van der Waals surface area (Å²) in [5.41, 5.74) is 3.25. The van der Waals surface area contributed by atoms with Crippen LogP contribution in [-0.2, 0) is 11.2 Å². The van der Waals surface area contributed by atoms with Gasteiger partial charge in [-0.2, -0.15) is 9.78 Å². The summed E-state index contributed by atoms with van der Waals surface area (Å²) in [4.78, 5) is 9.13. The predicted molar refractivity (Wildman–Crippen MR) is 104 cm³/mol. The van der Waals surface area contributed by atoms with Crippen molar-refractivity contribution in [3.63, 3.8) is 0 Å². The Labute approximate surface area is 166 Å². The van der Waals surface area contributed by atoms with Crippen molar-refractivity contribution in [1.29, 1.82) is 0 Å². The molecule has 5 rings (SSSR count). The minimum absolute atomic E-state index is 0.404. The highest BCUT2D eigenvalue weighted by molar-refractivity contribution is 6.30. The van der Waals surface area contributed by atoms with E-state index in [0.29, 0.717) is 34.5 Å². The summed E-state index contributed by atoms with van der Waals surface area (Å²) in [5.74, 6) is 0.705. The molecule has 4 heterocycles. The topological polar surface area (TPSA) is 83.5 Å². The van der Waals surface area contributed by atoms with Crippen LogP contribution in [0.1, 0.15) is 30.3 Å². The Morgan fingerprint density at radius 3 is 2.75 bits per heavy atom. The minimum atomic E-state index is 0.404. The van der Waals surface area contributed by atoms with Gasteiger partial charge in [0.25, 0.3) is 0 Å². The molecule has 8 nitrogen and oxygen atoms in total. The number of fused-ring (bicyclic) bond motifs is 1. The molecule has 9 heteroatoms. The first-order valence-electron chi connectivity index (χ1n) is 9.20. The molecule has 0 spiro atoms. The molecule has 0 radical (unpaired) electrons. The minimum Gasteiger partial charge on any atom is -0.381 e. The zero-order valence-electron chi connectivity index (χ0n) is 15.1. The van der Waals surface area contributed by atoms with Crippen molar-refractivity contribution in [3.8, 4) is 5.69 Å². The second-order valence-corrected chi connectivity index (χ2v) is 7.26. The van der Waals surface area contributed by atoms with Gasteiger partial charge in [-0.1, -0.05) is 16.8 Å². The molecule has 0 amide bonds. The van der Waals surface area contributed by atoms with Crippen LogP contribution >= 0.6 is 11.6 Å². The number of ether oxygens (including phenoxy) is 1. The molecule has 0 saturated carbocycles. The monoisotopic (exact) mass is 395 g/mol. The summed E-state index contributed by atoms with van der Waals surface area (Å²) in [6.07, 6.45) is 8.27. The van der Waals surface area contributed by atoms with Gasteiger partial charge in [-0.05, 0) is 42.7 Å². The standard InChI is InChI=1S/C19H18ClN7O/c20-14-1-3-16(4-2-14)27-19-17(24-25-27)11-21-18(23-19)9-13-10-22-26(12-13)15-5-7-28-8-6-15/h1-4,10-12,15H,5-9H2. The van der Waals surface area contributed by atoms with Gasteiger partial charge in [-0.3, -0.25) is 4.68 Å². The maximum atomic E-state index is 5.98. The van der Waals surface area contributed by atoms with Gasteiger partial charge in [-0.25, -0.2) is 9.97 Å². The highest BCUT2D eigenvalue weighted by Crippen LogP contribution is 2.21. The van der Waals surface area contributed by atoms with E-state index in [0.717, 1.165) is 37.3 Å². The van der Waals surface area contributed by atoms with E-state index >= 15 is 0 Å². The average molecular weight is 396 g/mol. The first kappa shape index (κ1) is 17.3. The van der Waals surface area contributed by atoms with Gasteiger partial charge in [-0.15, -0.1) is 5.10 Å². The number of hydrogen-bond acceptors (Lipinski definition) is 6. The number of benzene rings is 1. The lowest BCUT2D eigenvalue weighted by Crippen LogP contribution is -2.19. The zero-order valence-corrected chi connectivity index (χ0v) is 15.8. The first-order valence-corrected chi connectivity index (χ1v) is 9.58. The van der Waals surface area contributed by atoms with Crippen LogP contribution in [0.15, 0.2) is 42.9 Å². The van der Waals surface area contributed by atoms with E-state index in [9.17, 15) is 0 Å². The summed E-state index contributed by atoms with van der Waals surface area (Å²) in [5, 5.41) is 13.6. The van der Waals surface area contributed by atoms with Crippen molar-refractivity contribution in [3.05, 3.63) is 59.3 Å². The second kappa shape index (κ2) is 7.29. The van der Waals surface area contributed by atoms with E-state index < -0.39 is 0 Å². The van der Waals surface area contributed by atoms with Gasteiger partial charge in [0.05, 0.1) is 24.1 Å². The third-order valence-corrected chi connectivity index (χ3v) is 5.15. The van der Waals surface area contributed by atoms with Gasteiger partial charge in [0, 0.05) is 30.9 Å². The van der Waals surface area contributed by atoms with Crippen LogP contribution < -0.4 is 0 Å².